The van der Waals surface area contributed by atoms with E-state index < -0.39 is 11.9 Å². The molecule has 0 saturated heterocycles. The largest absolute Gasteiger partial charge is 0.465 e. The lowest BCUT2D eigenvalue weighted by molar-refractivity contribution is -0.116. The van der Waals surface area contributed by atoms with Crippen molar-refractivity contribution in [3.8, 4) is 11.1 Å². The zero-order valence-corrected chi connectivity index (χ0v) is 19.4. The molecular weight excluding hydrogens is 430 g/mol. The molecule has 33 heavy (non-hydrogen) atoms. The van der Waals surface area contributed by atoms with Gasteiger partial charge in [0.1, 0.15) is 10.6 Å². The minimum atomic E-state index is -0.507. The molecule has 0 aliphatic heterocycles. The molecule has 4 aromatic rings. The highest BCUT2D eigenvalue weighted by Crippen LogP contribution is 2.37. The fraction of sp³-hybridized carbons (Fsp3) is 0.143. The number of nitrogens with one attached hydrogen (secondary N) is 1. The quantitative estimate of drug-likeness (QED) is 0.322. The lowest BCUT2D eigenvalue weighted by Gasteiger charge is -2.18. The topological polar surface area (TPSA) is 55.4 Å². The molecule has 4 nitrogen and oxygen atoms in total. The number of carbonyl (C=O) groups is 2. The summed E-state index contributed by atoms with van der Waals surface area (Å²) in [6.07, 6.45) is 0.940. The van der Waals surface area contributed by atoms with Gasteiger partial charge in [0, 0.05) is 10.9 Å². The summed E-state index contributed by atoms with van der Waals surface area (Å²) in [6, 6.07) is 27.4. The summed E-state index contributed by atoms with van der Waals surface area (Å²) in [5.41, 5.74) is 5.02. The van der Waals surface area contributed by atoms with Crippen LogP contribution in [0.25, 0.3) is 11.1 Å². The minimum Gasteiger partial charge on any atom is -0.465 e. The maximum atomic E-state index is 13.5. The van der Waals surface area contributed by atoms with E-state index in [1.165, 1.54) is 24.0 Å². The van der Waals surface area contributed by atoms with Gasteiger partial charge in [0.15, 0.2) is 0 Å². The number of hydrogen-bond acceptors (Lipinski definition) is 4. The van der Waals surface area contributed by atoms with Gasteiger partial charge in [-0.15, -0.1) is 11.3 Å². The summed E-state index contributed by atoms with van der Waals surface area (Å²) < 4.78 is 5.07. The van der Waals surface area contributed by atoms with Crippen molar-refractivity contribution in [3.63, 3.8) is 0 Å². The third-order valence-corrected chi connectivity index (χ3v) is 6.51. The van der Waals surface area contributed by atoms with Crippen LogP contribution in [-0.2, 0) is 16.0 Å². The molecule has 166 valence electrons. The second kappa shape index (κ2) is 10.3. The maximum Gasteiger partial charge on any atom is 0.341 e. The Balaban J connectivity index is 1.72. The van der Waals surface area contributed by atoms with E-state index in [-0.39, 0.29) is 5.91 Å². The number of methoxy groups -OCH3 is 1. The normalized spacial score (nSPS) is 10.8. The second-order valence-electron chi connectivity index (χ2n) is 7.64. The third-order valence-electron chi connectivity index (χ3n) is 5.62. The van der Waals surface area contributed by atoms with Crippen molar-refractivity contribution in [1.29, 1.82) is 0 Å². The molecule has 4 rings (SSSR count). The van der Waals surface area contributed by atoms with Crippen LogP contribution in [0.1, 0.15) is 39.9 Å². The van der Waals surface area contributed by atoms with Gasteiger partial charge in [-0.1, -0.05) is 91.9 Å². The van der Waals surface area contributed by atoms with Crippen LogP contribution in [0.4, 0.5) is 5.00 Å². The highest BCUT2D eigenvalue weighted by atomic mass is 32.1. The number of amides is 1. The number of benzene rings is 3. The molecule has 0 aliphatic carbocycles. The van der Waals surface area contributed by atoms with Gasteiger partial charge in [-0.3, -0.25) is 4.79 Å². The van der Waals surface area contributed by atoms with Gasteiger partial charge in [-0.2, -0.15) is 0 Å². The van der Waals surface area contributed by atoms with Crippen LogP contribution in [-0.4, -0.2) is 19.0 Å². The molecule has 0 fully saturated rings. The molecule has 0 spiro atoms. The van der Waals surface area contributed by atoms with Crippen LogP contribution >= 0.6 is 11.3 Å². The average Bonchev–Trinajstić information content (AvgIpc) is 3.28. The lowest BCUT2D eigenvalue weighted by Crippen LogP contribution is -2.23. The van der Waals surface area contributed by atoms with Crippen molar-refractivity contribution in [3.05, 3.63) is 113 Å². The minimum absolute atomic E-state index is 0.202. The van der Waals surface area contributed by atoms with Crippen molar-refractivity contribution in [2.24, 2.45) is 0 Å². The summed E-state index contributed by atoms with van der Waals surface area (Å²) in [5, 5.41) is 5.39. The van der Waals surface area contributed by atoms with Gasteiger partial charge >= 0.3 is 5.97 Å². The summed E-state index contributed by atoms with van der Waals surface area (Å²) in [6.45, 7) is 2.10. The van der Waals surface area contributed by atoms with Crippen LogP contribution < -0.4 is 5.32 Å². The number of anilines is 1. The van der Waals surface area contributed by atoms with Gasteiger partial charge in [0.05, 0.1) is 13.0 Å². The molecule has 5 heteroatoms. The molecule has 0 bridgehead atoms. The molecule has 1 heterocycles. The average molecular weight is 456 g/mol. The first-order chi connectivity index (χ1) is 16.1. The second-order valence-corrected chi connectivity index (χ2v) is 8.52. The van der Waals surface area contributed by atoms with Gasteiger partial charge < -0.3 is 10.1 Å². The first-order valence-corrected chi connectivity index (χ1v) is 11.7. The molecule has 0 unspecified atom stereocenters. The zero-order valence-electron chi connectivity index (χ0n) is 18.6. The van der Waals surface area contributed by atoms with Gasteiger partial charge in [0.2, 0.25) is 5.91 Å². The van der Waals surface area contributed by atoms with E-state index in [0.717, 1.165) is 28.7 Å². The molecule has 0 aliphatic rings. The number of rotatable bonds is 7. The number of carbonyl (C=O) groups excluding carboxylic acids is 2. The number of thiophene rings is 1. The van der Waals surface area contributed by atoms with E-state index in [1.54, 1.807) is 0 Å². The Morgan fingerprint density at radius 2 is 1.45 bits per heavy atom. The van der Waals surface area contributed by atoms with E-state index in [0.29, 0.717) is 10.6 Å². The first kappa shape index (κ1) is 22.5. The van der Waals surface area contributed by atoms with Crippen LogP contribution in [0.5, 0.6) is 0 Å². The molecular formula is C28H25NO3S. The molecule has 1 amide bonds. The van der Waals surface area contributed by atoms with Crippen molar-refractivity contribution in [1.82, 2.24) is 0 Å². The van der Waals surface area contributed by atoms with Crippen LogP contribution in [0.15, 0.2) is 90.3 Å². The number of ether oxygens (including phenoxy) is 1. The van der Waals surface area contributed by atoms with E-state index in [1.807, 2.05) is 90.3 Å². The van der Waals surface area contributed by atoms with E-state index >= 15 is 0 Å². The molecule has 1 N–H and O–H groups in total. The highest BCUT2D eigenvalue weighted by Gasteiger charge is 2.27. The lowest BCUT2D eigenvalue weighted by atomic mass is 9.90. The van der Waals surface area contributed by atoms with E-state index in [4.69, 9.17) is 4.74 Å². The Labute approximate surface area is 197 Å². The van der Waals surface area contributed by atoms with Crippen molar-refractivity contribution >= 4 is 28.2 Å². The molecule has 0 saturated carbocycles. The van der Waals surface area contributed by atoms with Gasteiger partial charge in [0.25, 0.3) is 0 Å². The van der Waals surface area contributed by atoms with Crippen molar-refractivity contribution in [2.45, 2.75) is 19.3 Å². The predicted molar refractivity (Wildman–Crippen MR) is 134 cm³/mol. The van der Waals surface area contributed by atoms with Crippen LogP contribution in [0, 0.1) is 0 Å². The summed E-state index contributed by atoms with van der Waals surface area (Å²) in [5.74, 6) is -1.18. The van der Waals surface area contributed by atoms with Crippen molar-refractivity contribution < 1.29 is 14.3 Å². The Hall–Kier alpha value is -3.70. The number of esters is 1. The number of hydrogen-bond donors (Lipinski definition) is 1. The molecule has 0 radical (unpaired) electrons. The molecule has 1 aromatic heterocycles. The summed E-state index contributed by atoms with van der Waals surface area (Å²) in [7, 11) is 1.35. The van der Waals surface area contributed by atoms with E-state index in [9.17, 15) is 9.59 Å². The van der Waals surface area contributed by atoms with Crippen LogP contribution in [0.3, 0.4) is 0 Å². The maximum absolute atomic E-state index is 13.5. The summed E-state index contributed by atoms with van der Waals surface area (Å²) >= 11 is 1.33. The highest BCUT2D eigenvalue weighted by molar-refractivity contribution is 7.15. The van der Waals surface area contributed by atoms with Gasteiger partial charge in [-0.25, -0.2) is 4.79 Å². The first-order valence-electron chi connectivity index (χ1n) is 10.8. The fourth-order valence-corrected chi connectivity index (χ4v) is 4.82. The zero-order chi connectivity index (χ0) is 23.2. The Kier molecular flexibility index (Phi) is 7.01. The predicted octanol–water partition coefficient (Wildman–Crippen LogP) is 6.53. The Morgan fingerprint density at radius 1 is 0.879 bits per heavy atom. The smallest absolute Gasteiger partial charge is 0.341 e. The van der Waals surface area contributed by atoms with E-state index in [2.05, 4.69) is 12.2 Å². The number of aryl methyl sites for hydroxylation is 1. The van der Waals surface area contributed by atoms with Gasteiger partial charge in [-0.05, 0) is 28.7 Å². The Bertz CT molecular complexity index is 1190. The summed E-state index contributed by atoms with van der Waals surface area (Å²) in [4.78, 5) is 26.3. The van der Waals surface area contributed by atoms with Crippen molar-refractivity contribution in [2.75, 3.05) is 12.4 Å². The fourth-order valence-electron chi connectivity index (χ4n) is 3.86. The standard InChI is InChI=1S/C28H25NO3S/c1-3-19-14-16-20(17-15-19)23-18-33-27(25(23)28(31)32-2)29-26(30)24(21-10-6-4-7-11-21)22-12-8-5-9-13-22/h4-18,24H,3H2,1-2H3,(H,29,30). The Morgan fingerprint density at radius 3 is 1.97 bits per heavy atom. The molecule has 3 aromatic carbocycles. The third kappa shape index (κ3) is 4.89. The molecule has 0 atom stereocenters. The SMILES string of the molecule is CCc1ccc(-c2csc(NC(=O)C(c3ccccc3)c3ccccc3)c2C(=O)OC)cc1. The monoisotopic (exact) mass is 455 g/mol. The van der Waals surface area contributed by atoms with Crippen LogP contribution in [0.2, 0.25) is 0 Å².